The number of ether oxygens (including phenoxy) is 1. The maximum atomic E-state index is 10.7. The molecule has 0 spiro atoms. The van der Waals surface area contributed by atoms with Crippen LogP contribution in [0.4, 0.5) is 0 Å². The van der Waals surface area contributed by atoms with Crippen LogP contribution in [0.15, 0.2) is 12.3 Å². The average Bonchev–Trinajstić information content (AvgIpc) is 2.61. The molecule has 0 aromatic rings. The summed E-state index contributed by atoms with van der Waals surface area (Å²) in [6, 6.07) is 0. The maximum absolute atomic E-state index is 10.7. The van der Waals surface area contributed by atoms with Gasteiger partial charge in [-0.3, -0.25) is 0 Å². The number of aliphatic hydroxyl groups excluding tert-OH is 1. The van der Waals surface area contributed by atoms with E-state index in [9.17, 15) is 4.79 Å². The van der Waals surface area contributed by atoms with E-state index in [2.05, 4.69) is 4.74 Å². The molecule has 1 fully saturated rings. The number of likely N-dealkylation sites (tertiary alicyclic amines) is 1. The highest BCUT2D eigenvalue weighted by molar-refractivity contribution is 5.81. The summed E-state index contributed by atoms with van der Waals surface area (Å²) in [6.07, 6.45) is 4.11. The molecular formula is C9H15NO3. The van der Waals surface area contributed by atoms with Crippen molar-refractivity contribution in [2.24, 2.45) is 5.92 Å². The molecule has 0 aromatic heterocycles. The second-order valence-corrected chi connectivity index (χ2v) is 3.17. The van der Waals surface area contributed by atoms with E-state index in [0.29, 0.717) is 5.92 Å². The molecule has 1 N–H and O–H groups in total. The van der Waals surface area contributed by atoms with Gasteiger partial charge in [0.25, 0.3) is 0 Å². The van der Waals surface area contributed by atoms with Crippen LogP contribution in [0.5, 0.6) is 0 Å². The highest BCUT2D eigenvalue weighted by atomic mass is 16.5. The third-order valence-electron chi connectivity index (χ3n) is 2.20. The zero-order valence-electron chi connectivity index (χ0n) is 7.77. The standard InChI is InChI=1S/C9H15NO3/c1-13-9(12)3-5-10-4-2-8(6-10)7-11/h3,5,8,11H,2,4,6-7H2,1H3/b5-3+. The van der Waals surface area contributed by atoms with Crippen molar-refractivity contribution in [3.8, 4) is 0 Å². The first-order chi connectivity index (χ1) is 6.26. The van der Waals surface area contributed by atoms with Crippen molar-refractivity contribution < 1.29 is 14.6 Å². The summed E-state index contributed by atoms with van der Waals surface area (Å²) in [7, 11) is 1.35. The zero-order chi connectivity index (χ0) is 9.68. The fraction of sp³-hybridized carbons (Fsp3) is 0.667. The van der Waals surface area contributed by atoms with Crippen LogP contribution in [0.1, 0.15) is 6.42 Å². The fourth-order valence-electron chi connectivity index (χ4n) is 1.38. The van der Waals surface area contributed by atoms with E-state index in [1.165, 1.54) is 13.2 Å². The first-order valence-electron chi connectivity index (χ1n) is 4.37. The van der Waals surface area contributed by atoms with Crippen LogP contribution < -0.4 is 0 Å². The van der Waals surface area contributed by atoms with Crippen molar-refractivity contribution in [1.29, 1.82) is 0 Å². The van der Waals surface area contributed by atoms with Crippen molar-refractivity contribution in [2.75, 3.05) is 26.8 Å². The molecule has 0 amide bonds. The average molecular weight is 185 g/mol. The van der Waals surface area contributed by atoms with E-state index in [-0.39, 0.29) is 12.6 Å². The molecule has 0 saturated carbocycles. The minimum Gasteiger partial charge on any atom is -0.466 e. The van der Waals surface area contributed by atoms with Gasteiger partial charge in [-0.05, 0) is 6.42 Å². The number of methoxy groups -OCH3 is 1. The minimum atomic E-state index is -0.340. The Morgan fingerprint density at radius 3 is 3.08 bits per heavy atom. The normalized spacial score (nSPS) is 22.6. The van der Waals surface area contributed by atoms with Crippen LogP contribution in [-0.2, 0) is 9.53 Å². The van der Waals surface area contributed by atoms with Crippen LogP contribution >= 0.6 is 0 Å². The van der Waals surface area contributed by atoms with Gasteiger partial charge in [0.2, 0.25) is 0 Å². The summed E-state index contributed by atoms with van der Waals surface area (Å²) in [6.45, 7) is 1.95. The third-order valence-corrected chi connectivity index (χ3v) is 2.20. The van der Waals surface area contributed by atoms with E-state index in [4.69, 9.17) is 5.11 Å². The number of hydrogen-bond acceptors (Lipinski definition) is 4. The zero-order valence-corrected chi connectivity index (χ0v) is 7.77. The first-order valence-corrected chi connectivity index (χ1v) is 4.37. The molecule has 0 bridgehead atoms. The molecule has 0 aromatic carbocycles. The molecule has 74 valence electrons. The predicted molar refractivity (Wildman–Crippen MR) is 47.9 cm³/mol. The Labute approximate surface area is 77.8 Å². The first kappa shape index (κ1) is 10.1. The van der Waals surface area contributed by atoms with Gasteiger partial charge < -0.3 is 14.7 Å². The van der Waals surface area contributed by atoms with Gasteiger partial charge in [-0.2, -0.15) is 0 Å². The monoisotopic (exact) mass is 185 g/mol. The van der Waals surface area contributed by atoms with Gasteiger partial charge in [0, 0.05) is 37.9 Å². The predicted octanol–water partition coefficient (Wildman–Crippen LogP) is -0.0127. The second-order valence-electron chi connectivity index (χ2n) is 3.17. The molecule has 1 unspecified atom stereocenters. The number of aliphatic hydroxyl groups is 1. The van der Waals surface area contributed by atoms with Crippen LogP contribution in [0.2, 0.25) is 0 Å². The summed E-state index contributed by atoms with van der Waals surface area (Å²) < 4.78 is 4.46. The fourth-order valence-corrected chi connectivity index (χ4v) is 1.38. The molecule has 0 radical (unpaired) electrons. The van der Waals surface area contributed by atoms with Gasteiger partial charge in [0.05, 0.1) is 7.11 Å². The largest absolute Gasteiger partial charge is 0.466 e. The molecule has 1 heterocycles. The topological polar surface area (TPSA) is 49.8 Å². The maximum Gasteiger partial charge on any atom is 0.331 e. The Bertz CT molecular complexity index is 203. The number of hydrogen-bond donors (Lipinski definition) is 1. The molecule has 1 atom stereocenters. The Morgan fingerprint density at radius 2 is 2.54 bits per heavy atom. The van der Waals surface area contributed by atoms with Crippen LogP contribution in [0.3, 0.4) is 0 Å². The summed E-state index contributed by atoms with van der Waals surface area (Å²) >= 11 is 0. The quantitative estimate of drug-likeness (QED) is 0.496. The van der Waals surface area contributed by atoms with Crippen LogP contribution in [0, 0.1) is 5.92 Å². The van der Waals surface area contributed by atoms with Crippen LogP contribution in [-0.4, -0.2) is 42.8 Å². The van der Waals surface area contributed by atoms with E-state index in [1.54, 1.807) is 6.20 Å². The number of carbonyl (C=O) groups is 1. The number of carbonyl (C=O) groups excluding carboxylic acids is 1. The lowest BCUT2D eigenvalue weighted by atomic mass is 10.1. The van der Waals surface area contributed by atoms with E-state index in [0.717, 1.165) is 19.5 Å². The molecule has 13 heavy (non-hydrogen) atoms. The summed E-state index contributed by atoms with van der Waals surface area (Å²) in [4.78, 5) is 12.7. The Morgan fingerprint density at radius 1 is 1.77 bits per heavy atom. The van der Waals surface area contributed by atoms with Gasteiger partial charge in [-0.1, -0.05) is 0 Å². The van der Waals surface area contributed by atoms with E-state index < -0.39 is 0 Å². The lowest BCUT2D eigenvalue weighted by Gasteiger charge is -2.11. The molecule has 1 aliphatic heterocycles. The Balaban J connectivity index is 2.31. The van der Waals surface area contributed by atoms with Gasteiger partial charge >= 0.3 is 5.97 Å². The lowest BCUT2D eigenvalue weighted by molar-refractivity contribution is -0.134. The second kappa shape index (κ2) is 4.87. The highest BCUT2D eigenvalue weighted by Gasteiger charge is 2.18. The summed E-state index contributed by atoms with van der Waals surface area (Å²) in [5.41, 5.74) is 0. The Kier molecular flexibility index (Phi) is 3.76. The number of nitrogens with zero attached hydrogens (tertiary/aromatic N) is 1. The van der Waals surface area contributed by atoms with Gasteiger partial charge in [-0.15, -0.1) is 0 Å². The van der Waals surface area contributed by atoms with Gasteiger partial charge in [-0.25, -0.2) is 4.79 Å². The van der Waals surface area contributed by atoms with Crippen molar-refractivity contribution in [3.05, 3.63) is 12.3 Å². The van der Waals surface area contributed by atoms with Crippen molar-refractivity contribution in [3.63, 3.8) is 0 Å². The lowest BCUT2D eigenvalue weighted by Crippen LogP contribution is -2.15. The third kappa shape index (κ3) is 3.06. The number of rotatable bonds is 3. The molecule has 4 nitrogen and oxygen atoms in total. The highest BCUT2D eigenvalue weighted by Crippen LogP contribution is 2.15. The molecule has 1 rings (SSSR count). The minimum absolute atomic E-state index is 0.225. The van der Waals surface area contributed by atoms with Crippen molar-refractivity contribution in [1.82, 2.24) is 4.90 Å². The number of esters is 1. The summed E-state index contributed by atoms with van der Waals surface area (Å²) in [5, 5.41) is 8.86. The Hall–Kier alpha value is -1.03. The van der Waals surface area contributed by atoms with Crippen molar-refractivity contribution >= 4 is 5.97 Å². The van der Waals surface area contributed by atoms with Gasteiger partial charge in [0.1, 0.15) is 0 Å². The van der Waals surface area contributed by atoms with E-state index in [1.807, 2.05) is 4.90 Å². The molecule has 1 aliphatic rings. The molecule has 4 heteroatoms. The van der Waals surface area contributed by atoms with Crippen molar-refractivity contribution in [2.45, 2.75) is 6.42 Å². The SMILES string of the molecule is COC(=O)/C=C/N1CCC(CO)C1. The smallest absolute Gasteiger partial charge is 0.331 e. The summed E-state index contributed by atoms with van der Waals surface area (Å²) in [5.74, 6) is 0.00902. The molecular weight excluding hydrogens is 170 g/mol. The van der Waals surface area contributed by atoms with Crippen LogP contribution in [0.25, 0.3) is 0 Å². The van der Waals surface area contributed by atoms with Gasteiger partial charge in [0.15, 0.2) is 0 Å². The molecule has 1 saturated heterocycles. The molecule has 0 aliphatic carbocycles. The van der Waals surface area contributed by atoms with E-state index >= 15 is 0 Å².